The van der Waals surface area contributed by atoms with Crippen LogP contribution in [0.15, 0.2) is 18.2 Å². The highest BCUT2D eigenvalue weighted by Gasteiger charge is 2.03. The molecular formula is C9H13ClN2O2S. The van der Waals surface area contributed by atoms with Crippen LogP contribution in [0.2, 0.25) is 5.02 Å². The molecule has 0 radical (unpaired) electrons. The predicted octanol–water partition coefficient (Wildman–Crippen LogP) is 1.38. The van der Waals surface area contributed by atoms with Crippen molar-refractivity contribution < 1.29 is 8.42 Å². The fourth-order valence-electron chi connectivity index (χ4n) is 1.05. The first-order valence-electron chi connectivity index (χ1n) is 4.35. The summed E-state index contributed by atoms with van der Waals surface area (Å²) in [6.07, 6.45) is 1.19. The van der Waals surface area contributed by atoms with E-state index in [1.165, 1.54) is 6.26 Å². The largest absolute Gasteiger partial charge is 0.399 e. The molecule has 0 amide bonds. The molecule has 1 aromatic rings. The zero-order chi connectivity index (χ0) is 11.5. The molecule has 6 heteroatoms. The molecule has 1 aromatic carbocycles. The van der Waals surface area contributed by atoms with Gasteiger partial charge in [-0.25, -0.2) is 8.42 Å². The average Bonchev–Trinajstić information content (AvgIpc) is 2.07. The van der Waals surface area contributed by atoms with E-state index in [2.05, 4.69) is 5.32 Å². The fourth-order valence-corrected chi connectivity index (χ4v) is 1.77. The Morgan fingerprint density at radius 1 is 1.47 bits per heavy atom. The zero-order valence-electron chi connectivity index (χ0n) is 8.33. The summed E-state index contributed by atoms with van der Waals surface area (Å²) in [5.74, 6) is 0.0771. The molecule has 84 valence electrons. The van der Waals surface area contributed by atoms with Crippen molar-refractivity contribution in [1.82, 2.24) is 0 Å². The summed E-state index contributed by atoms with van der Waals surface area (Å²) < 4.78 is 21.7. The lowest BCUT2D eigenvalue weighted by Crippen LogP contribution is -2.14. The lowest BCUT2D eigenvalue weighted by atomic mass is 10.3. The van der Waals surface area contributed by atoms with Gasteiger partial charge in [0.15, 0.2) is 0 Å². The molecule has 1 rings (SSSR count). The van der Waals surface area contributed by atoms with Gasteiger partial charge in [-0.1, -0.05) is 11.6 Å². The number of nitrogens with one attached hydrogen (secondary N) is 1. The number of benzene rings is 1. The molecule has 0 atom stereocenters. The fraction of sp³-hybridized carbons (Fsp3) is 0.333. The summed E-state index contributed by atoms with van der Waals surface area (Å²) >= 11 is 5.89. The average molecular weight is 249 g/mol. The molecule has 4 nitrogen and oxygen atoms in total. The Hall–Kier alpha value is -0.940. The minimum atomic E-state index is -2.95. The Morgan fingerprint density at radius 2 is 2.13 bits per heavy atom. The van der Waals surface area contributed by atoms with Gasteiger partial charge < -0.3 is 11.1 Å². The van der Waals surface area contributed by atoms with Crippen LogP contribution in [0.25, 0.3) is 0 Å². The van der Waals surface area contributed by atoms with E-state index in [9.17, 15) is 8.42 Å². The predicted molar refractivity (Wildman–Crippen MR) is 64.1 cm³/mol. The summed E-state index contributed by atoms with van der Waals surface area (Å²) in [4.78, 5) is 0. The van der Waals surface area contributed by atoms with Crippen molar-refractivity contribution in [3.8, 4) is 0 Å². The van der Waals surface area contributed by atoms with Gasteiger partial charge in [-0.2, -0.15) is 0 Å². The normalized spacial score (nSPS) is 11.3. The van der Waals surface area contributed by atoms with Crippen LogP contribution in [-0.2, 0) is 9.84 Å². The third kappa shape index (κ3) is 4.40. The van der Waals surface area contributed by atoms with Crippen molar-refractivity contribution in [2.24, 2.45) is 0 Å². The van der Waals surface area contributed by atoms with Crippen molar-refractivity contribution in [2.75, 3.05) is 29.6 Å². The Bertz CT molecular complexity index is 445. The topological polar surface area (TPSA) is 72.2 Å². The molecule has 0 heterocycles. The highest BCUT2D eigenvalue weighted by molar-refractivity contribution is 7.90. The standard InChI is InChI=1S/C9H13ClN2O2S/c1-15(13,14)5-4-12-9-3-2-7(11)6-8(9)10/h2-3,6,12H,4-5,11H2,1H3. The van der Waals surface area contributed by atoms with Crippen LogP contribution >= 0.6 is 11.6 Å². The summed E-state index contributed by atoms with van der Waals surface area (Å²) in [6.45, 7) is 0.336. The molecule has 0 saturated heterocycles. The Kier molecular flexibility index (Phi) is 3.82. The highest BCUT2D eigenvalue weighted by atomic mass is 35.5. The summed E-state index contributed by atoms with van der Waals surface area (Å²) in [5.41, 5.74) is 6.78. The summed E-state index contributed by atoms with van der Waals surface area (Å²) in [5, 5.41) is 3.42. The molecule has 0 aliphatic carbocycles. The van der Waals surface area contributed by atoms with Crippen molar-refractivity contribution in [1.29, 1.82) is 0 Å². The molecule has 3 N–H and O–H groups in total. The Balaban J connectivity index is 2.59. The van der Waals surface area contributed by atoms with Crippen LogP contribution in [0.4, 0.5) is 11.4 Å². The van der Waals surface area contributed by atoms with Gasteiger partial charge in [-0.3, -0.25) is 0 Å². The molecule has 0 aromatic heterocycles. The SMILES string of the molecule is CS(=O)(=O)CCNc1ccc(N)cc1Cl. The van der Waals surface area contributed by atoms with Crippen LogP contribution < -0.4 is 11.1 Å². The zero-order valence-corrected chi connectivity index (χ0v) is 9.90. The van der Waals surface area contributed by atoms with Gasteiger partial charge in [0.25, 0.3) is 0 Å². The van der Waals surface area contributed by atoms with Crippen LogP contribution in [0, 0.1) is 0 Å². The molecule has 0 aliphatic rings. The number of halogens is 1. The monoisotopic (exact) mass is 248 g/mol. The highest BCUT2D eigenvalue weighted by Crippen LogP contribution is 2.23. The number of sulfone groups is 1. The second-order valence-electron chi connectivity index (χ2n) is 3.30. The molecule has 0 unspecified atom stereocenters. The molecule has 0 spiro atoms. The first-order valence-corrected chi connectivity index (χ1v) is 6.79. The van der Waals surface area contributed by atoms with Gasteiger partial charge in [-0.05, 0) is 18.2 Å². The van der Waals surface area contributed by atoms with E-state index in [1.807, 2.05) is 0 Å². The maximum Gasteiger partial charge on any atom is 0.149 e. The number of hydrogen-bond acceptors (Lipinski definition) is 4. The summed E-state index contributed by atoms with van der Waals surface area (Å²) in [6, 6.07) is 5.04. The molecule has 0 bridgehead atoms. The van der Waals surface area contributed by atoms with Gasteiger partial charge in [-0.15, -0.1) is 0 Å². The number of nitrogens with two attached hydrogens (primary N) is 1. The van der Waals surface area contributed by atoms with Gasteiger partial charge in [0.1, 0.15) is 9.84 Å². The van der Waals surface area contributed by atoms with Crippen LogP contribution in [-0.4, -0.2) is 27.0 Å². The van der Waals surface area contributed by atoms with Crippen molar-refractivity contribution in [3.63, 3.8) is 0 Å². The van der Waals surface area contributed by atoms with E-state index in [-0.39, 0.29) is 5.75 Å². The number of anilines is 2. The van der Waals surface area contributed by atoms with Crippen LogP contribution in [0.3, 0.4) is 0 Å². The van der Waals surface area contributed by atoms with Gasteiger partial charge in [0.05, 0.1) is 16.5 Å². The number of hydrogen-bond donors (Lipinski definition) is 2. The second-order valence-corrected chi connectivity index (χ2v) is 5.96. The number of nitrogen functional groups attached to an aromatic ring is 1. The quantitative estimate of drug-likeness (QED) is 0.790. The minimum Gasteiger partial charge on any atom is -0.399 e. The molecular weight excluding hydrogens is 236 g/mol. The lowest BCUT2D eigenvalue weighted by Gasteiger charge is -2.07. The van der Waals surface area contributed by atoms with Crippen molar-refractivity contribution in [2.45, 2.75) is 0 Å². The van der Waals surface area contributed by atoms with Crippen LogP contribution in [0.5, 0.6) is 0 Å². The smallest absolute Gasteiger partial charge is 0.149 e. The second kappa shape index (κ2) is 4.72. The third-order valence-corrected chi connectivity index (χ3v) is 3.04. The minimum absolute atomic E-state index is 0.0771. The molecule has 15 heavy (non-hydrogen) atoms. The van der Waals surface area contributed by atoms with E-state index in [4.69, 9.17) is 17.3 Å². The first-order chi connectivity index (χ1) is 6.88. The van der Waals surface area contributed by atoms with Gasteiger partial charge in [0, 0.05) is 18.5 Å². The Morgan fingerprint density at radius 3 is 2.67 bits per heavy atom. The molecule has 0 fully saturated rings. The van der Waals surface area contributed by atoms with E-state index < -0.39 is 9.84 Å². The van der Waals surface area contributed by atoms with Gasteiger partial charge in [0.2, 0.25) is 0 Å². The van der Waals surface area contributed by atoms with Crippen molar-refractivity contribution >= 4 is 32.8 Å². The molecule has 0 saturated carbocycles. The first kappa shape index (κ1) is 12.1. The third-order valence-electron chi connectivity index (χ3n) is 1.78. The maximum absolute atomic E-state index is 10.9. The lowest BCUT2D eigenvalue weighted by molar-refractivity contribution is 0.602. The van der Waals surface area contributed by atoms with E-state index >= 15 is 0 Å². The summed E-state index contributed by atoms with van der Waals surface area (Å²) in [7, 11) is -2.95. The maximum atomic E-state index is 10.9. The Labute approximate surface area is 94.3 Å². The number of rotatable bonds is 4. The van der Waals surface area contributed by atoms with Crippen LogP contribution in [0.1, 0.15) is 0 Å². The molecule has 0 aliphatic heterocycles. The van der Waals surface area contributed by atoms with E-state index in [1.54, 1.807) is 18.2 Å². The van der Waals surface area contributed by atoms with Crippen molar-refractivity contribution in [3.05, 3.63) is 23.2 Å². The van der Waals surface area contributed by atoms with E-state index in [0.29, 0.717) is 22.9 Å². The van der Waals surface area contributed by atoms with E-state index in [0.717, 1.165) is 0 Å². The van der Waals surface area contributed by atoms with Gasteiger partial charge >= 0.3 is 0 Å².